The van der Waals surface area contributed by atoms with Gasteiger partial charge in [0, 0.05) is 33.5 Å². The first-order chi connectivity index (χ1) is 22.8. The van der Waals surface area contributed by atoms with Gasteiger partial charge in [-0.25, -0.2) is 0 Å². The minimum absolute atomic E-state index is 1.11. The molecular weight excluding hydrogens is 556 g/mol. The molecule has 1 aromatic heterocycles. The lowest BCUT2D eigenvalue weighted by molar-refractivity contribution is 1.18. The molecule has 0 N–H and O–H groups in total. The second kappa shape index (κ2) is 10.8. The van der Waals surface area contributed by atoms with E-state index in [4.69, 9.17) is 0 Å². The minimum Gasteiger partial charge on any atom is -0.310 e. The van der Waals surface area contributed by atoms with Gasteiger partial charge in [0.25, 0.3) is 0 Å². The van der Waals surface area contributed by atoms with Crippen molar-refractivity contribution in [1.29, 1.82) is 0 Å². The van der Waals surface area contributed by atoms with Crippen LogP contribution in [0.25, 0.3) is 60.2 Å². The third-order valence-corrected chi connectivity index (χ3v) is 9.11. The van der Waals surface area contributed by atoms with Gasteiger partial charge < -0.3 is 9.47 Å². The lowest BCUT2D eigenvalue weighted by Gasteiger charge is -2.26. The number of benzene rings is 8. The maximum absolute atomic E-state index is 2.42. The zero-order valence-electron chi connectivity index (χ0n) is 25.2. The fourth-order valence-electron chi connectivity index (χ4n) is 6.89. The Morgan fingerprint density at radius 2 is 0.804 bits per heavy atom. The molecule has 216 valence electrons. The summed E-state index contributed by atoms with van der Waals surface area (Å²) in [7, 11) is 0. The Morgan fingerprint density at radius 1 is 0.326 bits per heavy atom. The molecule has 2 nitrogen and oxygen atoms in total. The van der Waals surface area contributed by atoms with Gasteiger partial charge in [-0.05, 0) is 87.3 Å². The van der Waals surface area contributed by atoms with Crippen molar-refractivity contribution in [3.05, 3.63) is 182 Å². The Hall–Kier alpha value is -6.12. The quantitative estimate of drug-likeness (QED) is 0.195. The van der Waals surface area contributed by atoms with Crippen molar-refractivity contribution < 1.29 is 0 Å². The smallest absolute Gasteiger partial charge is 0.0561 e. The van der Waals surface area contributed by atoms with Crippen LogP contribution in [0.2, 0.25) is 0 Å². The van der Waals surface area contributed by atoms with Crippen LogP contribution in [0.3, 0.4) is 0 Å². The van der Waals surface area contributed by atoms with Crippen LogP contribution < -0.4 is 4.90 Å². The molecule has 1 heterocycles. The van der Waals surface area contributed by atoms with Crippen LogP contribution in [0.4, 0.5) is 17.1 Å². The Labute approximate surface area is 268 Å². The highest BCUT2D eigenvalue weighted by atomic mass is 15.1. The summed E-state index contributed by atoms with van der Waals surface area (Å²) in [6.45, 7) is 0. The predicted octanol–water partition coefficient (Wildman–Crippen LogP) is 12.2. The van der Waals surface area contributed by atoms with Crippen molar-refractivity contribution in [3.63, 3.8) is 0 Å². The standard InChI is InChI=1S/C44H30N2/c1-3-11-31(12-4-1)36-21-25-41-42-26-24-40(30-44(42)46(43(41)29-36)37-17-5-2-6-18-37)45(38-22-19-32-13-7-9-15-34(32)27-38)39-23-20-33-14-8-10-16-35(33)28-39/h1-30H. The largest absolute Gasteiger partial charge is 0.310 e. The first-order valence-electron chi connectivity index (χ1n) is 15.8. The zero-order chi connectivity index (χ0) is 30.5. The van der Waals surface area contributed by atoms with Gasteiger partial charge >= 0.3 is 0 Å². The van der Waals surface area contributed by atoms with Gasteiger partial charge in [-0.3, -0.25) is 0 Å². The van der Waals surface area contributed by atoms with E-state index in [-0.39, 0.29) is 0 Å². The second-order valence-electron chi connectivity index (χ2n) is 11.9. The molecule has 9 rings (SSSR count). The molecular formula is C44H30N2. The molecule has 0 radical (unpaired) electrons. The Balaban J connectivity index is 1.31. The van der Waals surface area contributed by atoms with E-state index in [1.54, 1.807) is 0 Å². The van der Waals surface area contributed by atoms with Crippen LogP contribution in [-0.2, 0) is 0 Å². The molecule has 0 atom stereocenters. The van der Waals surface area contributed by atoms with E-state index in [1.165, 1.54) is 54.5 Å². The number of aromatic nitrogens is 1. The van der Waals surface area contributed by atoms with Gasteiger partial charge in [0.1, 0.15) is 0 Å². The summed E-state index contributed by atoms with van der Waals surface area (Å²) >= 11 is 0. The van der Waals surface area contributed by atoms with Crippen LogP contribution in [0.15, 0.2) is 182 Å². The summed E-state index contributed by atoms with van der Waals surface area (Å²) in [5.74, 6) is 0. The van der Waals surface area contributed by atoms with Crippen molar-refractivity contribution in [1.82, 2.24) is 4.57 Å². The molecule has 0 saturated carbocycles. The Bertz CT molecular complexity index is 2450. The van der Waals surface area contributed by atoms with Gasteiger partial charge in [-0.15, -0.1) is 0 Å². The fraction of sp³-hybridized carbons (Fsp3) is 0. The van der Waals surface area contributed by atoms with Gasteiger partial charge in [-0.2, -0.15) is 0 Å². The van der Waals surface area contributed by atoms with E-state index < -0.39 is 0 Å². The van der Waals surface area contributed by atoms with Gasteiger partial charge in [0.15, 0.2) is 0 Å². The van der Waals surface area contributed by atoms with Crippen molar-refractivity contribution in [3.8, 4) is 16.8 Å². The third kappa shape index (κ3) is 4.43. The topological polar surface area (TPSA) is 8.17 Å². The monoisotopic (exact) mass is 586 g/mol. The van der Waals surface area contributed by atoms with E-state index in [2.05, 4.69) is 191 Å². The highest BCUT2D eigenvalue weighted by molar-refractivity contribution is 6.11. The highest BCUT2D eigenvalue weighted by Crippen LogP contribution is 2.41. The Morgan fingerprint density at radius 3 is 1.43 bits per heavy atom. The van der Waals surface area contributed by atoms with Crippen molar-refractivity contribution in [2.24, 2.45) is 0 Å². The molecule has 9 aromatic rings. The van der Waals surface area contributed by atoms with Gasteiger partial charge in [0.2, 0.25) is 0 Å². The number of anilines is 3. The van der Waals surface area contributed by atoms with Crippen molar-refractivity contribution in [2.45, 2.75) is 0 Å². The number of fused-ring (bicyclic) bond motifs is 5. The molecule has 8 aromatic carbocycles. The van der Waals surface area contributed by atoms with Crippen LogP contribution in [0.1, 0.15) is 0 Å². The van der Waals surface area contributed by atoms with Crippen LogP contribution in [0, 0.1) is 0 Å². The minimum atomic E-state index is 1.11. The molecule has 0 amide bonds. The molecule has 0 spiro atoms. The number of para-hydroxylation sites is 1. The third-order valence-electron chi connectivity index (χ3n) is 9.11. The predicted molar refractivity (Wildman–Crippen MR) is 196 cm³/mol. The maximum atomic E-state index is 2.42. The second-order valence-corrected chi connectivity index (χ2v) is 11.9. The van der Waals surface area contributed by atoms with Crippen LogP contribution >= 0.6 is 0 Å². The molecule has 2 heteroatoms. The lowest BCUT2D eigenvalue weighted by Crippen LogP contribution is -2.10. The van der Waals surface area contributed by atoms with E-state index in [0.717, 1.165) is 22.7 Å². The van der Waals surface area contributed by atoms with Gasteiger partial charge in [-0.1, -0.05) is 127 Å². The van der Waals surface area contributed by atoms with E-state index in [1.807, 2.05) is 0 Å². The normalized spacial score (nSPS) is 11.5. The first kappa shape index (κ1) is 26.3. The summed E-state index contributed by atoms with van der Waals surface area (Å²) in [5, 5.41) is 7.39. The molecule has 0 aliphatic heterocycles. The average Bonchev–Trinajstić information content (AvgIpc) is 3.45. The summed E-state index contributed by atoms with van der Waals surface area (Å²) in [4.78, 5) is 2.39. The fourth-order valence-corrected chi connectivity index (χ4v) is 6.89. The molecule has 0 unspecified atom stereocenters. The molecule has 0 bridgehead atoms. The van der Waals surface area contributed by atoms with Crippen LogP contribution in [-0.4, -0.2) is 4.57 Å². The molecule has 0 aliphatic carbocycles. The summed E-state index contributed by atoms with van der Waals surface area (Å²) < 4.78 is 2.42. The average molecular weight is 587 g/mol. The molecule has 0 saturated heterocycles. The summed E-state index contributed by atoms with van der Waals surface area (Å²) in [5.41, 5.74) is 9.31. The lowest BCUT2D eigenvalue weighted by atomic mass is 10.0. The van der Waals surface area contributed by atoms with E-state index >= 15 is 0 Å². The maximum Gasteiger partial charge on any atom is 0.0561 e. The van der Waals surface area contributed by atoms with E-state index in [9.17, 15) is 0 Å². The number of nitrogens with zero attached hydrogens (tertiary/aromatic N) is 2. The number of hydrogen-bond acceptors (Lipinski definition) is 1. The molecule has 46 heavy (non-hydrogen) atoms. The summed E-state index contributed by atoms with van der Waals surface area (Å²) in [6, 6.07) is 65.8. The molecule has 0 fully saturated rings. The van der Waals surface area contributed by atoms with Gasteiger partial charge in [0.05, 0.1) is 11.0 Å². The Kier molecular flexibility index (Phi) is 6.17. The van der Waals surface area contributed by atoms with Crippen molar-refractivity contribution >= 4 is 60.4 Å². The van der Waals surface area contributed by atoms with Crippen LogP contribution in [0.5, 0.6) is 0 Å². The zero-order valence-corrected chi connectivity index (χ0v) is 25.2. The SMILES string of the molecule is c1ccc(-c2ccc3c4ccc(N(c5ccc6ccccc6c5)c5ccc6ccccc6c5)cc4n(-c4ccccc4)c3c2)cc1. The van der Waals surface area contributed by atoms with E-state index in [0.29, 0.717) is 0 Å². The first-order valence-corrected chi connectivity index (χ1v) is 15.8. The number of rotatable bonds is 5. The summed E-state index contributed by atoms with van der Waals surface area (Å²) in [6.07, 6.45) is 0. The highest BCUT2D eigenvalue weighted by Gasteiger charge is 2.18. The van der Waals surface area contributed by atoms with Crippen molar-refractivity contribution in [2.75, 3.05) is 4.90 Å². The number of hydrogen-bond donors (Lipinski definition) is 0. The molecule has 0 aliphatic rings.